The van der Waals surface area contributed by atoms with Gasteiger partial charge in [-0.2, -0.15) is 26.3 Å². The fraction of sp³-hybridized carbons (Fsp3) is 0.500. The van der Waals surface area contributed by atoms with Gasteiger partial charge in [0.2, 0.25) is 0 Å². The van der Waals surface area contributed by atoms with E-state index in [-0.39, 0.29) is 17.1 Å². The summed E-state index contributed by atoms with van der Waals surface area (Å²) in [5.74, 6) is -0.946. The molecule has 2 N–H and O–H groups in total. The molecule has 0 unspecified atom stereocenters. The van der Waals surface area contributed by atoms with E-state index >= 15 is 0 Å². The zero-order valence-electron chi connectivity index (χ0n) is 13.4. The predicted octanol–water partition coefficient (Wildman–Crippen LogP) is 4.91. The van der Waals surface area contributed by atoms with Crippen LogP contribution in [0.1, 0.15) is 43.2 Å². The van der Waals surface area contributed by atoms with Crippen molar-refractivity contribution in [1.82, 2.24) is 5.32 Å². The number of hydrogen-bond acceptors (Lipinski definition) is 2. The second kappa shape index (κ2) is 7.81. The van der Waals surface area contributed by atoms with Crippen LogP contribution in [-0.4, -0.2) is 16.9 Å². The molecule has 1 fully saturated rings. The van der Waals surface area contributed by atoms with Gasteiger partial charge in [-0.25, -0.2) is 0 Å². The van der Waals surface area contributed by atoms with Crippen LogP contribution in [0.25, 0.3) is 0 Å². The molecule has 3 nitrogen and oxygen atoms in total. The van der Waals surface area contributed by atoms with Gasteiger partial charge >= 0.3 is 12.4 Å². The Labute approximate surface area is 151 Å². The highest BCUT2D eigenvalue weighted by Crippen LogP contribution is 2.37. The number of thiocarbonyl (C=S) groups is 1. The number of nitrogens with one attached hydrogen (secondary N) is 2. The number of carbonyl (C=O) groups excluding carboxylic acids is 1. The van der Waals surface area contributed by atoms with Gasteiger partial charge in [0.05, 0.1) is 11.1 Å². The highest BCUT2D eigenvalue weighted by atomic mass is 32.1. The minimum absolute atomic E-state index is 0.00570. The standard InChI is InChI=1S/C16H16F6N2OS/c17-15(18,19)9-6-10(16(20,21)22)8-12(7-9)23-13(25)14(26)24-11-4-2-1-3-5-11/h6-8,11H,1-5H2,(H,23,25)(H,24,26). The Bertz CT molecular complexity index is 648. The molecule has 2 rings (SSSR count). The smallest absolute Gasteiger partial charge is 0.369 e. The van der Waals surface area contributed by atoms with E-state index in [0.29, 0.717) is 12.1 Å². The number of anilines is 1. The monoisotopic (exact) mass is 398 g/mol. The lowest BCUT2D eigenvalue weighted by atomic mass is 9.95. The first-order chi connectivity index (χ1) is 12.0. The lowest BCUT2D eigenvalue weighted by Gasteiger charge is -2.23. The quantitative estimate of drug-likeness (QED) is 0.549. The van der Waals surface area contributed by atoms with Crippen molar-refractivity contribution in [1.29, 1.82) is 0 Å². The minimum atomic E-state index is -4.98. The summed E-state index contributed by atoms with van der Waals surface area (Å²) in [6.45, 7) is 0. The van der Waals surface area contributed by atoms with Gasteiger partial charge in [0.25, 0.3) is 5.91 Å². The molecule has 1 saturated carbocycles. The Balaban J connectivity index is 2.16. The average molecular weight is 398 g/mol. The van der Waals surface area contributed by atoms with Gasteiger partial charge in [-0.15, -0.1) is 0 Å². The molecular weight excluding hydrogens is 382 g/mol. The van der Waals surface area contributed by atoms with E-state index in [0.717, 1.165) is 32.1 Å². The van der Waals surface area contributed by atoms with Crippen molar-refractivity contribution in [3.05, 3.63) is 29.3 Å². The van der Waals surface area contributed by atoms with Crippen molar-refractivity contribution in [3.63, 3.8) is 0 Å². The number of benzene rings is 1. The Morgan fingerprint density at radius 2 is 1.42 bits per heavy atom. The van der Waals surface area contributed by atoms with Gasteiger partial charge in [0.1, 0.15) is 0 Å². The summed E-state index contributed by atoms with van der Waals surface area (Å²) >= 11 is 4.90. The topological polar surface area (TPSA) is 41.1 Å². The SMILES string of the molecule is O=C(Nc1cc(C(F)(F)F)cc(C(F)(F)F)c1)C(=S)NC1CCCCC1. The predicted molar refractivity (Wildman–Crippen MR) is 87.7 cm³/mol. The number of alkyl halides is 6. The highest BCUT2D eigenvalue weighted by molar-refractivity contribution is 7.82. The summed E-state index contributed by atoms with van der Waals surface area (Å²) < 4.78 is 76.9. The van der Waals surface area contributed by atoms with Crippen molar-refractivity contribution in [2.24, 2.45) is 0 Å². The Morgan fingerprint density at radius 1 is 0.923 bits per heavy atom. The zero-order chi connectivity index (χ0) is 19.5. The molecule has 1 aromatic carbocycles. The van der Waals surface area contributed by atoms with Crippen LogP contribution >= 0.6 is 12.2 Å². The first-order valence-electron chi connectivity index (χ1n) is 7.88. The number of amides is 1. The number of carbonyl (C=O) groups is 1. The molecular formula is C16H16F6N2OS. The molecule has 0 atom stereocenters. The maximum absolute atomic E-state index is 12.8. The first kappa shape index (κ1) is 20.5. The van der Waals surface area contributed by atoms with Gasteiger partial charge < -0.3 is 10.6 Å². The summed E-state index contributed by atoms with van der Waals surface area (Å²) in [6.07, 6.45) is -5.37. The van der Waals surface area contributed by atoms with Crippen LogP contribution < -0.4 is 10.6 Å². The Hall–Kier alpha value is -1.84. The molecule has 0 aliphatic heterocycles. The van der Waals surface area contributed by atoms with Crippen LogP contribution in [0.3, 0.4) is 0 Å². The molecule has 0 bridgehead atoms. The fourth-order valence-electron chi connectivity index (χ4n) is 2.71. The van der Waals surface area contributed by atoms with Gasteiger partial charge in [0.15, 0.2) is 4.99 Å². The molecule has 1 aliphatic carbocycles. The molecule has 0 spiro atoms. The maximum Gasteiger partial charge on any atom is 0.416 e. The lowest BCUT2D eigenvalue weighted by molar-refractivity contribution is -0.143. The van der Waals surface area contributed by atoms with E-state index < -0.39 is 35.1 Å². The third-order valence-electron chi connectivity index (χ3n) is 3.99. The third-order valence-corrected chi connectivity index (χ3v) is 4.30. The second-order valence-electron chi connectivity index (χ2n) is 6.06. The molecule has 0 saturated heterocycles. The van der Waals surface area contributed by atoms with Crippen molar-refractivity contribution in [3.8, 4) is 0 Å². The molecule has 10 heteroatoms. The number of rotatable bonds is 2. The van der Waals surface area contributed by atoms with Crippen LogP contribution in [0.2, 0.25) is 0 Å². The largest absolute Gasteiger partial charge is 0.416 e. The van der Waals surface area contributed by atoms with Gasteiger partial charge in [-0.3, -0.25) is 4.79 Å². The summed E-state index contributed by atoms with van der Waals surface area (Å²) in [7, 11) is 0. The van der Waals surface area contributed by atoms with Crippen LogP contribution in [0.5, 0.6) is 0 Å². The molecule has 26 heavy (non-hydrogen) atoms. The summed E-state index contributed by atoms with van der Waals surface area (Å²) in [5, 5.41) is 4.82. The van der Waals surface area contributed by atoms with Crippen LogP contribution in [0, 0.1) is 0 Å². The van der Waals surface area contributed by atoms with E-state index in [2.05, 4.69) is 5.32 Å². The Morgan fingerprint density at radius 3 is 1.88 bits per heavy atom. The van der Waals surface area contributed by atoms with Gasteiger partial charge in [-0.1, -0.05) is 31.5 Å². The molecule has 144 valence electrons. The fourth-order valence-corrected chi connectivity index (χ4v) is 2.93. The van der Waals surface area contributed by atoms with Gasteiger partial charge in [0, 0.05) is 11.7 Å². The van der Waals surface area contributed by atoms with Crippen molar-refractivity contribution in [2.75, 3.05) is 5.32 Å². The van der Waals surface area contributed by atoms with Crippen LogP contribution in [0.15, 0.2) is 18.2 Å². The molecule has 0 radical (unpaired) electrons. The third kappa shape index (κ3) is 5.58. The number of halogens is 6. The van der Waals surface area contributed by atoms with E-state index in [9.17, 15) is 31.1 Å². The molecule has 1 aromatic rings. The zero-order valence-corrected chi connectivity index (χ0v) is 14.2. The van der Waals surface area contributed by atoms with Crippen molar-refractivity contribution < 1.29 is 31.1 Å². The number of hydrogen-bond donors (Lipinski definition) is 2. The summed E-state index contributed by atoms with van der Waals surface area (Å²) in [4.78, 5) is 11.8. The van der Waals surface area contributed by atoms with Crippen molar-refractivity contribution >= 4 is 28.8 Å². The first-order valence-corrected chi connectivity index (χ1v) is 8.29. The van der Waals surface area contributed by atoms with Crippen LogP contribution in [0.4, 0.5) is 32.0 Å². The Kier molecular flexibility index (Phi) is 6.15. The maximum atomic E-state index is 12.8. The highest BCUT2D eigenvalue weighted by Gasteiger charge is 2.37. The molecule has 0 heterocycles. The average Bonchev–Trinajstić information content (AvgIpc) is 2.53. The molecule has 1 amide bonds. The lowest BCUT2D eigenvalue weighted by Crippen LogP contribution is -2.41. The van der Waals surface area contributed by atoms with Crippen LogP contribution in [-0.2, 0) is 17.1 Å². The normalized spacial score (nSPS) is 16.2. The molecule has 1 aliphatic rings. The van der Waals surface area contributed by atoms with E-state index in [1.807, 2.05) is 5.32 Å². The van der Waals surface area contributed by atoms with E-state index in [4.69, 9.17) is 12.2 Å². The van der Waals surface area contributed by atoms with E-state index in [1.54, 1.807) is 0 Å². The molecule has 0 aromatic heterocycles. The van der Waals surface area contributed by atoms with Gasteiger partial charge in [-0.05, 0) is 31.0 Å². The van der Waals surface area contributed by atoms with E-state index in [1.165, 1.54) is 0 Å². The van der Waals surface area contributed by atoms with Crippen molar-refractivity contribution in [2.45, 2.75) is 50.5 Å². The second-order valence-corrected chi connectivity index (χ2v) is 6.47. The minimum Gasteiger partial charge on any atom is -0.369 e. The summed E-state index contributed by atoms with van der Waals surface area (Å²) in [6, 6.07) is 0.857. The summed E-state index contributed by atoms with van der Waals surface area (Å²) in [5.41, 5.74) is -3.63.